The fourth-order valence-corrected chi connectivity index (χ4v) is 2.86. The molecule has 0 spiro atoms. The fourth-order valence-electron chi connectivity index (χ4n) is 2.31. The first-order chi connectivity index (χ1) is 10.1. The second kappa shape index (κ2) is 8.34. The molecule has 0 atom stereocenters. The summed E-state index contributed by atoms with van der Waals surface area (Å²) in [7, 11) is 0. The summed E-state index contributed by atoms with van der Waals surface area (Å²) in [6, 6.07) is 7.72. The molecule has 0 saturated heterocycles. The van der Waals surface area contributed by atoms with Crippen LogP contribution in [0.15, 0.2) is 28.7 Å². The highest BCUT2D eigenvalue weighted by atomic mass is 79.9. The normalized spacial score (nSPS) is 15.3. The van der Waals surface area contributed by atoms with E-state index in [1.807, 2.05) is 12.1 Å². The van der Waals surface area contributed by atoms with Gasteiger partial charge in [0.15, 0.2) is 11.7 Å². The van der Waals surface area contributed by atoms with Crippen LogP contribution in [0.2, 0.25) is 0 Å². The molecule has 0 unspecified atom stereocenters. The summed E-state index contributed by atoms with van der Waals surface area (Å²) in [6.07, 6.45) is 5.97. The lowest BCUT2D eigenvalue weighted by Crippen LogP contribution is -2.46. The average Bonchev–Trinajstić information content (AvgIpc) is 2.47. The van der Waals surface area contributed by atoms with Crippen LogP contribution in [0.25, 0.3) is 0 Å². The molecular weight excluding hydrogens is 352 g/mol. The highest BCUT2D eigenvalue weighted by Crippen LogP contribution is 2.17. The van der Waals surface area contributed by atoms with Gasteiger partial charge in [-0.15, -0.1) is 0 Å². The van der Waals surface area contributed by atoms with Crippen molar-refractivity contribution in [1.29, 1.82) is 0 Å². The van der Waals surface area contributed by atoms with Gasteiger partial charge in [-0.3, -0.25) is 4.79 Å². The third-order valence-electron chi connectivity index (χ3n) is 3.38. The van der Waals surface area contributed by atoms with Crippen molar-refractivity contribution in [2.45, 2.75) is 38.1 Å². The Morgan fingerprint density at radius 2 is 1.90 bits per heavy atom. The van der Waals surface area contributed by atoms with E-state index in [1.54, 1.807) is 12.1 Å². The molecule has 0 aromatic heterocycles. The molecule has 0 radical (unpaired) electrons. The number of halogens is 1. The van der Waals surface area contributed by atoms with Gasteiger partial charge in [0.25, 0.3) is 5.91 Å². The Balaban J connectivity index is 1.68. The maximum absolute atomic E-state index is 11.8. The van der Waals surface area contributed by atoms with E-state index in [9.17, 15) is 4.79 Å². The predicted octanol–water partition coefficient (Wildman–Crippen LogP) is 3.15. The SMILES string of the molecule is O=C(COc1ccc(Br)cc1)NC(=S)NC1CCCCC1. The fraction of sp³-hybridized carbons (Fsp3) is 0.467. The predicted molar refractivity (Wildman–Crippen MR) is 90.4 cm³/mol. The van der Waals surface area contributed by atoms with Gasteiger partial charge in [0.1, 0.15) is 5.75 Å². The molecule has 1 aliphatic carbocycles. The van der Waals surface area contributed by atoms with Crippen LogP contribution in [0.5, 0.6) is 5.75 Å². The van der Waals surface area contributed by atoms with Crippen molar-refractivity contribution in [1.82, 2.24) is 10.6 Å². The minimum absolute atomic E-state index is 0.0475. The minimum atomic E-state index is -0.244. The summed E-state index contributed by atoms with van der Waals surface area (Å²) in [5, 5.41) is 6.24. The van der Waals surface area contributed by atoms with Gasteiger partial charge in [0.2, 0.25) is 0 Å². The third kappa shape index (κ3) is 6.01. The molecule has 2 N–H and O–H groups in total. The van der Waals surface area contributed by atoms with Crippen molar-refractivity contribution in [3.05, 3.63) is 28.7 Å². The van der Waals surface area contributed by atoms with Crippen LogP contribution in [0.4, 0.5) is 0 Å². The van der Waals surface area contributed by atoms with Gasteiger partial charge in [0.05, 0.1) is 0 Å². The standard InChI is InChI=1S/C15H19BrN2O2S/c16-11-6-8-13(9-7-11)20-10-14(19)18-15(21)17-12-4-2-1-3-5-12/h6-9,12H,1-5,10H2,(H2,17,18,19,21). The van der Waals surface area contributed by atoms with E-state index >= 15 is 0 Å². The molecule has 0 bridgehead atoms. The molecular formula is C15H19BrN2O2S. The molecule has 1 aromatic rings. The van der Waals surface area contributed by atoms with Gasteiger partial charge in [-0.2, -0.15) is 0 Å². The van der Waals surface area contributed by atoms with Crippen LogP contribution in [-0.2, 0) is 4.79 Å². The number of thiocarbonyl (C=S) groups is 1. The van der Waals surface area contributed by atoms with E-state index < -0.39 is 0 Å². The van der Waals surface area contributed by atoms with Gasteiger partial charge >= 0.3 is 0 Å². The Kier molecular flexibility index (Phi) is 6.45. The minimum Gasteiger partial charge on any atom is -0.484 e. The number of carbonyl (C=O) groups is 1. The molecule has 1 fully saturated rings. The second-order valence-electron chi connectivity index (χ2n) is 5.10. The summed E-state index contributed by atoms with van der Waals surface area (Å²) in [5.41, 5.74) is 0. The first-order valence-electron chi connectivity index (χ1n) is 7.12. The van der Waals surface area contributed by atoms with Crippen LogP contribution in [0.1, 0.15) is 32.1 Å². The van der Waals surface area contributed by atoms with Gasteiger partial charge in [-0.25, -0.2) is 0 Å². The highest BCUT2D eigenvalue weighted by molar-refractivity contribution is 9.10. The first kappa shape index (κ1) is 16.2. The largest absolute Gasteiger partial charge is 0.484 e. The molecule has 1 saturated carbocycles. The van der Waals surface area contributed by atoms with E-state index in [4.69, 9.17) is 17.0 Å². The molecule has 1 amide bonds. The number of amides is 1. The van der Waals surface area contributed by atoms with E-state index in [1.165, 1.54) is 19.3 Å². The van der Waals surface area contributed by atoms with Crippen LogP contribution < -0.4 is 15.4 Å². The van der Waals surface area contributed by atoms with Crippen LogP contribution in [0.3, 0.4) is 0 Å². The summed E-state index contributed by atoms with van der Waals surface area (Å²) < 4.78 is 6.36. The Morgan fingerprint density at radius 1 is 1.24 bits per heavy atom. The summed E-state index contributed by atoms with van der Waals surface area (Å²) in [5.74, 6) is 0.408. The lowest BCUT2D eigenvalue weighted by atomic mass is 9.96. The third-order valence-corrected chi connectivity index (χ3v) is 4.13. The molecule has 4 nitrogen and oxygen atoms in total. The van der Waals surface area contributed by atoms with Crippen molar-refractivity contribution in [2.24, 2.45) is 0 Å². The zero-order valence-corrected chi connectivity index (χ0v) is 14.1. The maximum atomic E-state index is 11.8. The summed E-state index contributed by atoms with van der Waals surface area (Å²) in [4.78, 5) is 11.8. The lowest BCUT2D eigenvalue weighted by molar-refractivity contribution is -0.121. The Labute approximate surface area is 138 Å². The maximum Gasteiger partial charge on any atom is 0.264 e. The van der Waals surface area contributed by atoms with E-state index in [-0.39, 0.29) is 12.5 Å². The smallest absolute Gasteiger partial charge is 0.264 e. The molecule has 0 aliphatic heterocycles. The monoisotopic (exact) mass is 370 g/mol. The van der Waals surface area contributed by atoms with Gasteiger partial charge in [-0.05, 0) is 49.3 Å². The van der Waals surface area contributed by atoms with Crippen molar-refractivity contribution >= 4 is 39.2 Å². The quantitative estimate of drug-likeness (QED) is 0.799. The molecule has 2 rings (SSSR count). The first-order valence-corrected chi connectivity index (χ1v) is 8.32. The Hall–Kier alpha value is -1.14. The van der Waals surface area contributed by atoms with Crippen molar-refractivity contribution in [2.75, 3.05) is 6.61 Å². The molecule has 114 valence electrons. The van der Waals surface area contributed by atoms with Crippen LogP contribution >= 0.6 is 28.1 Å². The number of carbonyl (C=O) groups excluding carboxylic acids is 1. The summed E-state index contributed by atoms with van der Waals surface area (Å²) >= 11 is 8.50. The van der Waals surface area contributed by atoms with Crippen molar-refractivity contribution in [3.63, 3.8) is 0 Å². The van der Waals surface area contributed by atoms with E-state index in [0.29, 0.717) is 16.9 Å². The van der Waals surface area contributed by atoms with Crippen LogP contribution in [0, 0.1) is 0 Å². The van der Waals surface area contributed by atoms with Gasteiger partial charge in [0, 0.05) is 10.5 Å². The second-order valence-corrected chi connectivity index (χ2v) is 6.42. The molecule has 6 heteroatoms. The molecule has 0 heterocycles. The number of ether oxygens (including phenoxy) is 1. The zero-order valence-electron chi connectivity index (χ0n) is 11.7. The number of hydrogen-bond acceptors (Lipinski definition) is 3. The Morgan fingerprint density at radius 3 is 2.57 bits per heavy atom. The zero-order chi connectivity index (χ0) is 15.1. The van der Waals surface area contributed by atoms with E-state index in [0.717, 1.165) is 17.3 Å². The highest BCUT2D eigenvalue weighted by Gasteiger charge is 2.15. The molecule has 21 heavy (non-hydrogen) atoms. The average molecular weight is 371 g/mol. The lowest BCUT2D eigenvalue weighted by Gasteiger charge is -2.24. The summed E-state index contributed by atoms with van der Waals surface area (Å²) in [6.45, 7) is -0.0475. The number of hydrogen-bond donors (Lipinski definition) is 2. The topological polar surface area (TPSA) is 50.4 Å². The van der Waals surface area contributed by atoms with Crippen molar-refractivity contribution in [3.8, 4) is 5.75 Å². The van der Waals surface area contributed by atoms with Gasteiger partial charge < -0.3 is 15.4 Å². The molecule has 1 aliphatic rings. The Bertz CT molecular complexity index is 487. The van der Waals surface area contributed by atoms with Gasteiger partial charge in [-0.1, -0.05) is 35.2 Å². The van der Waals surface area contributed by atoms with Crippen LogP contribution in [-0.4, -0.2) is 23.7 Å². The van der Waals surface area contributed by atoms with Crippen molar-refractivity contribution < 1.29 is 9.53 Å². The van der Waals surface area contributed by atoms with E-state index in [2.05, 4.69) is 26.6 Å². The number of benzene rings is 1. The number of rotatable bonds is 4. The number of nitrogens with one attached hydrogen (secondary N) is 2. The molecule has 1 aromatic carbocycles.